The highest BCUT2D eigenvalue weighted by atomic mass is 16.2. The highest BCUT2D eigenvalue weighted by molar-refractivity contribution is 5.90. The molecule has 0 spiro atoms. The van der Waals surface area contributed by atoms with Gasteiger partial charge < -0.3 is 5.32 Å². The maximum absolute atomic E-state index is 11.0. The lowest BCUT2D eigenvalue weighted by Gasteiger charge is -2.05. The first kappa shape index (κ1) is 10.1. The molecule has 0 fully saturated rings. The second-order valence-electron chi connectivity index (χ2n) is 2.99. The van der Waals surface area contributed by atoms with Gasteiger partial charge in [-0.2, -0.15) is 5.26 Å². The molecule has 4 nitrogen and oxygen atoms in total. The Balaban J connectivity index is 2.74. The molecule has 72 valence electrons. The molecule has 0 unspecified atom stereocenters. The largest absolute Gasteiger partial charge is 0.332 e. The van der Waals surface area contributed by atoms with Crippen LogP contribution < -0.4 is 10.6 Å². The Morgan fingerprint density at radius 3 is 2.64 bits per heavy atom. The molecule has 0 aliphatic carbocycles. The first-order chi connectivity index (χ1) is 6.63. The van der Waals surface area contributed by atoms with Crippen LogP contribution in [0.5, 0.6) is 0 Å². The molecule has 0 saturated carbocycles. The average Bonchev–Trinajstić information content (AvgIpc) is 2.12. The Bertz CT molecular complexity index is 393. The van der Waals surface area contributed by atoms with E-state index in [1.54, 1.807) is 12.3 Å². The zero-order valence-electron chi connectivity index (χ0n) is 8.09. The fourth-order valence-corrected chi connectivity index (χ4v) is 1.03. The molecule has 0 atom stereocenters. The lowest BCUT2D eigenvalue weighted by atomic mass is 10.1. The lowest BCUT2D eigenvalue weighted by molar-refractivity contribution is 0.255. The summed E-state index contributed by atoms with van der Waals surface area (Å²) in [5, 5.41) is 12.7. The van der Waals surface area contributed by atoms with Gasteiger partial charge in [-0.1, -0.05) is 6.07 Å². The minimum atomic E-state index is -0.518. The van der Waals surface area contributed by atoms with E-state index in [9.17, 15) is 4.79 Å². The highest BCUT2D eigenvalue weighted by Gasteiger charge is 2.00. The monoisotopic (exact) mass is 189 g/mol. The van der Waals surface area contributed by atoms with Gasteiger partial charge in [0.15, 0.2) is 6.19 Å². The zero-order valence-corrected chi connectivity index (χ0v) is 8.09. The second kappa shape index (κ2) is 4.28. The van der Waals surface area contributed by atoms with E-state index in [0.29, 0.717) is 5.69 Å². The van der Waals surface area contributed by atoms with Crippen molar-refractivity contribution < 1.29 is 4.79 Å². The fourth-order valence-electron chi connectivity index (χ4n) is 1.03. The molecule has 0 heterocycles. The van der Waals surface area contributed by atoms with Gasteiger partial charge in [-0.15, -0.1) is 0 Å². The van der Waals surface area contributed by atoms with Crippen molar-refractivity contribution >= 4 is 11.7 Å². The fraction of sp³-hybridized carbons (Fsp3) is 0.200. The van der Waals surface area contributed by atoms with Crippen molar-refractivity contribution in [1.29, 1.82) is 5.26 Å². The third kappa shape index (κ3) is 2.49. The van der Waals surface area contributed by atoms with E-state index < -0.39 is 6.03 Å². The number of hydrogen-bond acceptors (Lipinski definition) is 2. The van der Waals surface area contributed by atoms with Gasteiger partial charge in [-0.25, -0.2) is 10.1 Å². The summed E-state index contributed by atoms with van der Waals surface area (Å²) in [7, 11) is 0. The van der Waals surface area contributed by atoms with E-state index in [1.807, 2.05) is 31.3 Å². The highest BCUT2D eigenvalue weighted by Crippen LogP contribution is 2.13. The van der Waals surface area contributed by atoms with Crippen LogP contribution in [0.25, 0.3) is 0 Å². The molecule has 1 aromatic carbocycles. The number of carbonyl (C=O) groups excluding carboxylic acids is 1. The minimum absolute atomic E-state index is 0.518. The van der Waals surface area contributed by atoms with Crippen molar-refractivity contribution in [1.82, 2.24) is 5.32 Å². The molecule has 2 N–H and O–H groups in total. The molecule has 1 rings (SSSR count). The van der Waals surface area contributed by atoms with E-state index in [4.69, 9.17) is 5.26 Å². The molecule has 0 aliphatic rings. The first-order valence-corrected chi connectivity index (χ1v) is 4.17. The van der Waals surface area contributed by atoms with Crippen LogP contribution in [-0.4, -0.2) is 6.03 Å². The van der Waals surface area contributed by atoms with Crippen LogP contribution in [0.3, 0.4) is 0 Å². The molecule has 0 radical (unpaired) electrons. The summed E-state index contributed by atoms with van der Waals surface area (Å²) >= 11 is 0. The van der Waals surface area contributed by atoms with Crippen LogP contribution in [0.4, 0.5) is 10.5 Å². The number of nitrogens with zero attached hydrogens (tertiary/aromatic N) is 1. The van der Waals surface area contributed by atoms with Crippen molar-refractivity contribution in [3.63, 3.8) is 0 Å². The zero-order chi connectivity index (χ0) is 10.6. The third-order valence-electron chi connectivity index (χ3n) is 1.93. The summed E-state index contributed by atoms with van der Waals surface area (Å²) in [5.74, 6) is 0. The third-order valence-corrected chi connectivity index (χ3v) is 1.93. The molecular weight excluding hydrogens is 178 g/mol. The number of nitriles is 1. The van der Waals surface area contributed by atoms with Gasteiger partial charge in [0.2, 0.25) is 0 Å². The Hall–Kier alpha value is -2.02. The van der Waals surface area contributed by atoms with Gasteiger partial charge in [0.05, 0.1) is 0 Å². The van der Waals surface area contributed by atoms with Crippen LogP contribution in [0.15, 0.2) is 18.2 Å². The number of carbonyl (C=O) groups is 1. The van der Waals surface area contributed by atoms with Crippen LogP contribution in [0.2, 0.25) is 0 Å². The minimum Gasteiger partial charge on any atom is -0.307 e. The molecule has 0 aliphatic heterocycles. The smallest absolute Gasteiger partial charge is 0.307 e. The van der Waals surface area contributed by atoms with E-state index in [1.165, 1.54) is 0 Å². The van der Waals surface area contributed by atoms with Crippen molar-refractivity contribution in [2.24, 2.45) is 0 Å². The van der Waals surface area contributed by atoms with Crippen molar-refractivity contribution in [3.05, 3.63) is 29.3 Å². The van der Waals surface area contributed by atoms with Crippen LogP contribution in [0, 0.1) is 25.3 Å². The molecule has 0 bridgehead atoms. The summed E-state index contributed by atoms with van der Waals surface area (Å²) in [6, 6.07) is 5.04. The van der Waals surface area contributed by atoms with Gasteiger partial charge in [-0.05, 0) is 37.1 Å². The SMILES string of the molecule is Cc1ccc(NC(=O)NC#N)cc1C. The van der Waals surface area contributed by atoms with E-state index >= 15 is 0 Å². The number of anilines is 1. The van der Waals surface area contributed by atoms with Crippen LogP contribution in [-0.2, 0) is 0 Å². The van der Waals surface area contributed by atoms with Crippen LogP contribution >= 0.6 is 0 Å². The maximum Gasteiger partial charge on any atom is 0.332 e. The van der Waals surface area contributed by atoms with E-state index in [-0.39, 0.29) is 0 Å². The number of rotatable bonds is 1. The van der Waals surface area contributed by atoms with Gasteiger partial charge >= 0.3 is 6.03 Å². The first-order valence-electron chi connectivity index (χ1n) is 4.17. The molecular formula is C10H11N3O. The topological polar surface area (TPSA) is 64.9 Å². The van der Waals surface area contributed by atoms with Gasteiger partial charge in [-0.3, -0.25) is 0 Å². The average molecular weight is 189 g/mol. The molecule has 2 amide bonds. The predicted octanol–water partition coefficient (Wildman–Crippen LogP) is 1.91. The number of amides is 2. The molecule has 0 aromatic heterocycles. The number of aryl methyl sites for hydroxylation is 2. The molecule has 14 heavy (non-hydrogen) atoms. The maximum atomic E-state index is 11.0. The number of urea groups is 1. The number of nitrogens with one attached hydrogen (secondary N) is 2. The Labute approximate surface area is 82.5 Å². The predicted molar refractivity (Wildman–Crippen MR) is 53.7 cm³/mol. The lowest BCUT2D eigenvalue weighted by Crippen LogP contribution is -2.24. The van der Waals surface area contributed by atoms with E-state index in [2.05, 4.69) is 5.32 Å². The summed E-state index contributed by atoms with van der Waals surface area (Å²) in [6.07, 6.45) is 1.55. The normalized spacial score (nSPS) is 8.93. The van der Waals surface area contributed by atoms with Crippen LogP contribution in [0.1, 0.15) is 11.1 Å². The van der Waals surface area contributed by atoms with Gasteiger partial charge in [0.25, 0.3) is 0 Å². The summed E-state index contributed by atoms with van der Waals surface area (Å²) in [5.41, 5.74) is 2.94. The van der Waals surface area contributed by atoms with Gasteiger partial charge in [0, 0.05) is 5.69 Å². The second-order valence-corrected chi connectivity index (χ2v) is 2.99. The quantitative estimate of drug-likeness (QED) is 0.523. The summed E-state index contributed by atoms with van der Waals surface area (Å²) in [4.78, 5) is 11.0. The van der Waals surface area contributed by atoms with Crippen molar-refractivity contribution in [2.75, 3.05) is 5.32 Å². The van der Waals surface area contributed by atoms with E-state index in [0.717, 1.165) is 11.1 Å². The van der Waals surface area contributed by atoms with Gasteiger partial charge in [0.1, 0.15) is 0 Å². The molecule has 1 aromatic rings. The summed E-state index contributed by atoms with van der Waals surface area (Å²) < 4.78 is 0. The summed E-state index contributed by atoms with van der Waals surface area (Å²) in [6.45, 7) is 3.96. The Morgan fingerprint density at radius 2 is 2.07 bits per heavy atom. The standard InChI is InChI=1S/C10H11N3O/c1-7-3-4-9(5-8(7)2)13-10(14)12-6-11/h3-5H,1-2H3,(H2,12,13,14). The number of benzene rings is 1. The number of hydrogen-bond donors (Lipinski definition) is 2. The van der Waals surface area contributed by atoms with Crippen molar-refractivity contribution in [3.8, 4) is 6.19 Å². The Morgan fingerprint density at radius 1 is 1.36 bits per heavy atom. The van der Waals surface area contributed by atoms with Crippen molar-refractivity contribution in [2.45, 2.75) is 13.8 Å². The molecule has 0 saturated heterocycles. The Kier molecular flexibility index (Phi) is 3.08. The molecule has 4 heteroatoms.